The summed E-state index contributed by atoms with van der Waals surface area (Å²) < 4.78 is 45.7. The predicted octanol–water partition coefficient (Wildman–Crippen LogP) is 6.11. The molecule has 11 heteroatoms. The van der Waals surface area contributed by atoms with E-state index in [4.69, 9.17) is 5.10 Å². The molecule has 46 heavy (non-hydrogen) atoms. The van der Waals surface area contributed by atoms with Gasteiger partial charge in [0.25, 0.3) is 0 Å². The van der Waals surface area contributed by atoms with Gasteiger partial charge in [0.1, 0.15) is 35.8 Å². The molecule has 7 rings (SSSR count). The van der Waals surface area contributed by atoms with Gasteiger partial charge in [0.2, 0.25) is 0 Å². The molecule has 0 amide bonds. The van der Waals surface area contributed by atoms with Gasteiger partial charge in [-0.2, -0.15) is 10.2 Å². The van der Waals surface area contributed by atoms with Crippen LogP contribution in [0.1, 0.15) is 29.9 Å². The van der Waals surface area contributed by atoms with Gasteiger partial charge < -0.3 is 10.2 Å². The van der Waals surface area contributed by atoms with Crippen molar-refractivity contribution < 1.29 is 13.2 Å². The van der Waals surface area contributed by atoms with Crippen molar-refractivity contribution in [2.75, 3.05) is 19.6 Å². The highest BCUT2D eigenvalue weighted by molar-refractivity contribution is 5.92. The minimum absolute atomic E-state index is 0.190. The number of hydrogen-bond acceptors (Lipinski definition) is 6. The van der Waals surface area contributed by atoms with Crippen molar-refractivity contribution >= 4 is 5.52 Å². The Bertz CT molecular complexity index is 1900. The number of hydrogen-bond donors (Lipinski definition) is 1. The van der Waals surface area contributed by atoms with Crippen molar-refractivity contribution in [1.82, 2.24) is 39.6 Å². The average Bonchev–Trinajstić information content (AvgIpc) is 3.73. The van der Waals surface area contributed by atoms with E-state index in [0.717, 1.165) is 65.5 Å². The lowest BCUT2D eigenvalue weighted by atomic mass is 9.95. The van der Waals surface area contributed by atoms with Crippen LogP contribution in [0.4, 0.5) is 13.2 Å². The lowest BCUT2D eigenvalue weighted by Gasteiger charge is -2.35. The minimum atomic E-state index is -0.582. The normalized spacial score (nSPS) is 15.0. The zero-order valence-corrected chi connectivity index (χ0v) is 25.1. The molecule has 1 aliphatic heterocycles. The van der Waals surface area contributed by atoms with Crippen molar-refractivity contribution in [3.63, 3.8) is 0 Å². The summed E-state index contributed by atoms with van der Waals surface area (Å²) >= 11 is 0. The van der Waals surface area contributed by atoms with Gasteiger partial charge in [-0.1, -0.05) is 12.1 Å². The van der Waals surface area contributed by atoms with Crippen LogP contribution in [0.25, 0.3) is 27.9 Å². The number of rotatable bonds is 10. The molecule has 0 radical (unpaired) electrons. The summed E-state index contributed by atoms with van der Waals surface area (Å²) in [4.78, 5) is 10.5. The van der Waals surface area contributed by atoms with Gasteiger partial charge in [0.15, 0.2) is 0 Å². The van der Waals surface area contributed by atoms with Crippen LogP contribution in [-0.2, 0) is 13.1 Å². The predicted molar refractivity (Wildman–Crippen MR) is 169 cm³/mol. The van der Waals surface area contributed by atoms with Gasteiger partial charge in [-0.15, -0.1) is 0 Å². The second-order valence-corrected chi connectivity index (χ2v) is 11.8. The maximum absolute atomic E-state index is 14.8. The van der Waals surface area contributed by atoms with Crippen molar-refractivity contribution in [2.24, 2.45) is 0 Å². The number of nitrogens with zero attached hydrogens (tertiary/aromatic N) is 7. The van der Waals surface area contributed by atoms with Crippen LogP contribution < -0.4 is 5.32 Å². The summed E-state index contributed by atoms with van der Waals surface area (Å²) in [6.45, 7) is 3.52. The molecular formula is C35H33F3N8. The molecule has 1 saturated heterocycles. The van der Waals surface area contributed by atoms with E-state index in [1.807, 2.05) is 22.8 Å². The van der Waals surface area contributed by atoms with E-state index in [1.54, 1.807) is 41.6 Å². The van der Waals surface area contributed by atoms with Crippen LogP contribution in [0.15, 0.2) is 98.0 Å². The number of pyridine rings is 2. The Hall–Kier alpha value is -4.87. The van der Waals surface area contributed by atoms with Gasteiger partial charge in [0, 0.05) is 60.8 Å². The molecule has 6 aromatic rings. The first kappa shape index (κ1) is 29.8. The third-order valence-electron chi connectivity index (χ3n) is 8.71. The summed E-state index contributed by atoms with van der Waals surface area (Å²) in [6.07, 6.45) is 10.5. The van der Waals surface area contributed by atoms with Crippen LogP contribution in [0.2, 0.25) is 0 Å². The highest BCUT2D eigenvalue weighted by atomic mass is 19.1. The highest BCUT2D eigenvalue weighted by Crippen LogP contribution is 2.35. The third kappa shape index (κ3) is 6.56. The van der Waals surface area contributed by atoms with Crippen molar-refractivity contribution in [3.8, 4) is 22.4 Å². The van der Waals surface area contributed by atoms with E-state index >= 15 is 0 Å². The van der Waals surface area contributed by atoms with Gasteiger partial charge in [-0.25, -0.2) is 22.7 Å². The van der Waals surface area contributed by atoms with E-state index < -0.39 is 11.6 Å². The molecule has 1 fully saturated rings. The third-order valence-corrected chi connectivity index (χ3v) is 8.71. The Kier molecular flexibility index (Phi) is 8.58. The molecule has 234 valence electrons. The minimum Gasteiger partial charge on any atom is -0.310 e. The van der Waals surface area contributed by atoms with Gasteiger partial charge >= 0.3 is 0 Å². The van der Waals surface area contributed by atoms with E-state index in [0.29, 0.717) is 31.2 Å². The Labute approximate surface area is 264 Å². The van der Waals surface area contributed by atoms with Crippen molar-refractivity contribution in [3.05, 3.63) is 127 Å². The van der Waals surface area contributed by atoms with E-state index in [9.17, 15) is 13.2 Å². The smallest absolute Gasteiger partial charge is 0.137 e. The molecule has 1 N–H and O–H groups in total. The lowest BCUT2D eigenvalue weighted by Crippen LogP contribution is -2.44. The average molecular weight is 623 g/mol. The molecule has 4 aromatic heterocycles. The fraction of sp³-hybridized carbons (Fsp3) is 0.257. The van der Waals surface area contributed by atoms with Gasteiger partial charge in [0.05, 0.1) is 12.1 Å². The summed E-state index contributed by atoms with van der Waals surface area (Å²) in [6, 6.07) is 18.7. The summed E-state index contributed by atoms with van der Waals surface area (Å²) in [5.41, 5.74) is 6.14. The second kappa shape index (κ2) is 13.2. The number of benzene rings is 2. The van der Waals surface area contributed by atoms with Gasteiger partial charge in [-0.05, 0) is 91.2 Å². The molecule has 8 nitrogen and oxygen atoms in total. The molecule has 1 unspecified atom stereocenters. The molecule has 0 aliphatic carbocycles. The number of fused-ring (bicyclic) bond motifs is 1. The largest absolute Gasteiger partial charge is 0.310 e. The highest BCUT2D eigenvalue weighted by Gasteiger charge is 2.25. The topological polar surface area (TPSA) is 76.2 Å². The number of nitrogens with one attached hydrogen (secondary N) is 1. The Balaban J connectivity index is 1.02. The molecule has 0 saturated carbocycles. The standard InChI is InChI=1S/C35H33F3N8/c36-28-4-2-26(3-5-28)35-34(25-9-13-39-14-10-25)33-8-1-24(19-46(33)43-35)18-41-30-11-15-44(16-12-30)20-27(21-45-23-40-22-42-45)31-7-6-29(37)17-32(31)38/h1-10,13-14,17,19,22-23,27,30,41H,11-12,15-16,18,20-21H2. The van der Waals surface area contributed by atoms with Crippen LogP contribution in [-0.4, -0.2) is 59.9 Å². The maximum atomic E-state index is 14.8. The van der Waals surface area contributed by atoms with Crippen LogP contribution in [0, 0.1) is 17.5 Å². The summed E-state index contributed by atoms with van der Waals surface area (Å²) in [7, 11) is 0. The number of likely N-dealkylation sites (tertiary alicyclic amines) is 1. The summed E-state index contributed by atoms with van der Waals surface area (Å²) in [5, 5.41) is 12.8. The quantitative estimate of drug-likeness (QED) is 0.199. The second-order valence-electron chi connectivity index (χ2n) is 11.8. The molecule has 5 heterocycles. The van der Waals surface area contributed by atoms with Crippen LogP contribution in [0.3, 0.4) is 0 Å². The van der Waals surface area contributed by atoms with Crippen LogP contribution >= 0.6 is 0 Å². The van der Waals surface area contributed by atoms with E-state index in [2.05, 4.69) is 37.4 Å². The number of piperidine rings is 1. The lowest BCUT2D eigenvalue weighted by molar-refractivity contribution is 0.180. The van der Waals surface area contributed by atoms with Crippen LogP contribution in [0.5, 0.6) is 0 Å². The van der Waals surface area contributed by atoms with Gasteiger partial charge in [-0.3, -0.25) is 9.67 Å². The Morgan fingerprint density at radius 2 is 1.61 bits per heavy atom. The fourth-order valence-electron chi connectivity index (χ4n) is 6.34. The first-order valence-electron chi connectivity index (χ1n) is 15.4. The fourth-order valence-corrected chi connectivity index (χ4v) is 6.34. The monoisotopic (exact) mass is 622 g/mol. The Morgan fingerprint density at radius 3 is 2.35 bits per heavy atom. The molecule has 2 aromatic carbocycles. The summed E-state index contributed by atoms with van der Waals surface area (Å²) in [5.74, 6) is -1.59. The zero-order valence-electron chi connectivity index (χ0n) is 25.1. The zero-order chi connectivity index (χ0) is 31.5. The SMILES string of the molecule is Fc1ccc(-c2nn3cc(CNC4CCN(CC(Cn5cncn5)c5ccc(F)cc5F)CC4)ccc3c2-c2ccncc2)cc1. The molecule has 0 spiro atoms. The van der Waals surface area contributed by atoms with Crippen molar-refractivity contribution in [2.45, 2.75) is 37.9 Å². The molecule has 1 aliphatic rings. The Morgan fingerprint density at radius 1 is 0.826 bits per heavy atom. The molecular weight excluding hydrogens is 589 g/mol. The van der Waals surface area contributed by atoms with E-state index in [-0.39, 0.29) is 11.7 Å². The first-order chi connectivity index (χ1) is 22.5. The molecule has 1 atom stereocenters. The first-order valence-corrected chi connectivity index (χ1v) is 15.4. The number of halogens is 3. The maximum Gasteiger partial charge on any atom is 0.137 e. The van der Waals surface area contributed by atoms with E-state index in [1.165, 1.54) is 24.5 Å². The number of aromatic nitrogens is 6. The van der Waals surface area contributed by atoms with Crippen molar-refractivity contribution in [1.29, 1.82) is 0 Å². The molecule has 0 bridgehead atoms.